The Hall–Kier alpha value is -2.01. The number of hydrogen-bond donors (Lipinski definition) is 3. The standard InChI is InChI=1S/C10H12N4O/c11-9-5-8(14-3-1-2-13-14)4-7(6-15)10(9)12/h1-5,15H,6,11-12H2. The lowest BCUT2D eigenvalue weighted by atomic mass is 10.1. The van der Waals surface area contributed by atoms with Gasteiger partial charge in [0, 0.05) is 18.0 Å². The van der Waals surface area contributed by atoms with Gasteiger partial charge in [0.15, 0.2) is 0 Å². The molecule has 1 aromatic carbocycles. The van der Waals surface area contributed by atoms with Gasteiger partial charge in [0.1, 0.15) is 0 Å². The first-order valence-electron chi connectivity index (χ1n) is 4.51. The molecule has 0 aliphatic carbocycles. The molecule has 1 aromatic heterocycles. The first-order chi connectivity index (χ1) is 7.22. The first-order valence-corrected chi connectivity index (χ1v) is 4.51. The van der Waals surface area contributed by atoms with E-state index in [0.717, 1.165) is 5.69 Å². The molecule has 0 unspecified atom stereocenters. The number of hydrogen-bond acceptors (Lipinski definition) is 4. The zero-order valence-corrected chi connectivity index (χ0v) is 8.09. The van der Waals surface area contributed by atoms with Crippen molar-refractivity contribution in [1.82, 2.24) is 9.78 Å². The van der Waals surface area contributed by atoms with E-state index in [1.165, 1.54) is 0 Å². The second kappa shape index (κ2) is 3.62. The van der Waals surface area contributed by atoms with Gasteiger partial charge in [0.05, 0.1) is 23.7 Å². The van der Waals surface area contributed by atoms with Crippen LogP contribution in [0.4, 0.5) is 11.4 Å². The Balaban J connectivity index is 2.55. The van der Waals surface area contributed by atoms with Gasteiger partial charge in [-0.1, -0.05) is 0 Å². The van der Waals surface area contributed by atoms with Gasteiger partial charge in [-0.3, -0.25) is 0 Å². The minimum atomic E-state index is -0.134. The average Bonchev–Trinajstić information content (AvgIpc) is 2.75. The molecule has 0 atom stereocenters. The Labute approximate surface area is 86.9 Å². The lowest BCUT2D eigenvalue weighted by molar-refractivity contribution is 0.282. The molecule has 0 spiro atoms. The van der Waals surface area contributed by atoms with Crippen LogP contribution in [-0.2, 0) is 6.61 Å². The molecule has 2 rings (SSSR count). The summed E-state index contributed by atoms with van der Waals surface area (Å²) in [6.07, 6.45) is 3.47. The van der Waals surface area contributed by atoms with E-state index >= 15 is 0 Å². The molecule has 0 amide bonds. The van der Waals surface area contributed by atoms with Crippen LogP contribution in [0.5, 0.6) is 0 Å². The fraction of sp³-hybridized carbons (Fsp3) is 0.100. The molecule has 5 nitrogen and oxygen atoms in total. The number of aromatic nitrogens is 2. The van der Waals surface area contributed by atoms with Crippen LogP contribution in [0, 0.1) is 0 Å². The minimum Gasteiger partial charge on any atom is -0.397 e. The highest BCUT2D eigenvalue weighted by Crippen LogP contribution is 2.24. The molecule has 5 heteroatoms. The van der Waals surface area contributed by atoms with Crippen molar-refractivity contribution >= 4 is 11.4 Å². The highest BCUT2D eigenvalue weighted by Gasteiger charge is 2.06. The molecule has 0 saturated heterocycles. The SMILES string of the molecule is Nc1cc(-n2cccn2)cc(CO)c1N. The number of nitrogens with zero attached hydrogens (tertiary/aromatic N) is 2. The van der Waals surface area contributed by atoms with Crippen LogP contribution >= 0.6 is 0 Å². The Kier molecular flexibility index (Phi) is 2.31. The molecular weight excluding hydrogens is 192 g/mol. The second-order valence-corrected chi connectivity index (χ2v) is 3.22. The third-order valence-corrected chi connectivity index (χ3v) is 2.22. The van der Waals surface area contributed by atoms with E-state index in [9.17, 15) is 0 Å². The fourth-order valence-corrected chi connectivity index (χ4v) is 1.41. The summed E-state index contributed by atoms with van der Waals surface area (Å²) >= 11 is 0. The first kappa shape index (κ1) is 9.54. The number of nitrogen functional groups attached to an aromatic ring is 2. The summed E-state index contributed by atoms with van der Waals surface area (Å²) in [6, 6.07) is 5.30. The average molecular weight is 204 g/mol. The van der Waals surface area contributed by atoms with Crippen molar-refractivity contribution < 1.29 is 5.11 Å². The third kappa shape index (κ3) is 1.64. The van der Waals surface area contributed by atoms with Crippen molar-refractivity contribution in [3.05, 3.63) is 36.2 Å². The molecule has 0 aliphatic rings. The van der Waals surface area contributed by atoms with Gasteiger partial charge in [0.2, 0.25) is 0 Å². The molecule has 0 radical (unpaired) electrons. The van der Waals surface area contributed by atoms with E-state index in [-0.39, 0.29) is 6.61 Å². The Morgan fingerprint density at radius 1 is 1.33 bits per heavy atom. The number of benzene rings is 1. The predicted octanol–water partition coefficient (Wildman–Crippen LogP) is 0.529. The van der Waals surface area contributed by atoms with E-state index in [4.69, 9.17) is 16.6 Å². The van der Waals surface area contributed by atoms with Crippen LogP contribution in [0.1, 0.15) is 5.56 Å². The number of aliphatic hydroxyl groups excluding tert-OH is 1. The van der Waals surface area contributed by atoms with Crippen LogP contribution in [0.2, 0.25) is 0 Å². The monoisotopic (exact) mass is 204 g/mol. The van der Waals surface area contributed by atoms with Gasteiger partial charge in [-0.15, -0.1) is 0 Å². The molecule has 5 N–H and O–H groups in total. The number of aliphatic hydroxyl groups is 1. The molecule has 15 heavy (non-hydrogen) atoms. The van der Waals surface area contributed by atoms with Crippen molar-refractivity contribution in [2.24, 2.45) is 0 Å². The maximum absolute atomic E-state index is 9.10. The molecule has 1 heterocycles. The van der Waals surface area contributed by atoms with Gasteiger partial charge >= 0.3 is 0 Å². The van der Waals surface area contributed by atoms with Crippen LogP contribution in [0.25, 0.3) is 5.69 Å². The highest BCUT2D eigenvalue weighted by molar-refractivity contribution is 5.70. The Bertz CT molecular complexity index is 465. The molecule has 0 aliphatic heterocycles. The fourth-order valence-electron chi connectivity index (χ4n) is 1.41. The predicted molar refractivity (Wildman–Crippen MR) is 58.3 cm³/mol. The quantitative estimate of drug-likeness (QED) is 0.622. The maximum atomic E-state index is 9.10. The molecular formula is C10H12N4O. The minimum absolute atomic E-state index is 0.134. The maximum Gasteiger partial charge on any atom is 0.0703 e. The van der Waals surface area contributed by atoms with E-state index in [1.54, 1.807) is 29.2 Å². The van der Waals surface area contributed by atoms with Gasteiger partial charge in [-0.2, -0.15) is 5.10 Å². The zero-order chi connectivity index (χ0) is 10.8. The van der Waals surface area contributed by atoms with Crippen LogP contribution in [-0.4, -0.2) is 14.9 Å². The van der Waals surface area contributed by atoms with Gasteiger partial charge in [-0.25, -0.2) is 4.68 Å². The summed E-state index contributed by atoms with van der Waals surface area (Å²) in [7, 11) is 0. The zero-order valence-electron chi connectivity index (χ0n) is 8.09. The van der Waals surface area contributed by atoms with Crippen molar-refractivity contribution in [1.29, 1.82) is 0 Å². The lowest BCUT2D eigenvalue weighted by Gasteiger charge is -2.09. The van der Waals surface area contributed by atoms with E-state index in [1.807, 2.05) is 6.07 Å². The van der Waals surface area contributed by atoms with Crippen molar-refractivity contribution in [2.75, 3.05) is 11.5 Å². The molecule has 0 saturated carbocycles. The number of rotatable bonds is 2. The molecule has 2 aromatic rings. The molecule has 0 fully saturated rings. The summed E-state index contributed by atoms with van der Waals surface area (Å²) in [5.41, 5.74) is 13.7. The third-order valence-electron chi connectivity index (χ3n) is 2.22. The highest BCUT2D eigenvalue weighted by atomic mass is 16.3. The summed E-state index contributed by atoms with van der Waals surface area (Å²) in [6.45, 7) is -0.134. The number of nitrogens with two attached hydrogens (primary N) is 2. The summed E-state index contributed by atoms with van der Waals surface area (Å²) in [4.78, 5) is 0. The molecule has 0 bridgehead atoms. The van der Waals surface area contributed by atoms with Gasteiger partial charge < -0.3 is 16.6 Å². The lowest BCUT2D eigenvalue weighted by Crippen LogP contribution is -2.04. The largest absolute Gasteiger partial charge is 0.397 e. The van der Waals surface area contributed by atoms with E-state index < -0.39 is 0 Å². The second-order valence-electron chi connectivity index (χ2n) is 3.22. The topological polar surface area (TPSA) is 90.1 Å². The normalized spacial score (nSPS) is 10.5. The van der Waals surface area contributed by atoms with E-state index in [0.29, 0.717) is 16.9 Å². The van der Waals surface area contributed by atoms with Crippen molar-refractivity contribution in [3.63, 3.8) is 0 Å². The Morgan fingerprint density at radius 2 is 2.13 bits per heavy atom. The Morgan fingerprint density at radius 3 is 2.73 bits per heavy atom. The van der Waals surface area contributed by atoms with Crippen LogP contribution < -0.4 is 11.5 Å². The van der Waals surface area contributed by atoms with Gasteiger partial charge in [0.25, 0.3) is 0 Å². The van der Waals surface area contributed by atoms with Crippen LogP contribution in [0.15, 0.2) is 30.6 Å². The van der Waals surface area contributed by atoms with Crippen molar-refractivity contribution in [3.8, 4) is 5.69 Å². The smallest absolute Gasteiger partial charge is 0.0703 e. The summed E-state index contributed by atoms with van der Waals surface area (Å²) in [5.74, 6) is 0. The van der Waals surface area contributed by atoms with Crippen molar-refractivity contribution in [2.45, 2.75) is 6.61 Å². The summed E-state index contributed by atoms with van der Waals surface area (Å²) in [5, 5.41) is 13.2. The van der Waals surface area contributed by atoms with Gasteiger partial charge in [-0.05, 0) is 18.2 Å². The van der Waals surface area contributed by atoms with Crippen LogP contribution in [0.3, 0.4) is 0 Å². The molecule has 78 valence electrons. The summed E-state index contributed by atoms with van der Waals surface area (Å²) < 4.78 is 1.66. The number of anilines is 2. The van der Waals surface area contributed by atoms with E-state index in [2.05, 4.69) is 5.10 Å².